The van der Waals surface area contributed by atoms with Gasteiger partial charge < -0.3 is 19.5 Å². The molecule has 0 aromatic heterocycles. The Bertz CT molecular complexity index is 349. The van der Waals surface area contributed by atoms with E-state index in [9.17, 15) is 19.8 Å². The first-order valence-electron chi connectivity index (χ1n) is 8.37. The predicted octanol–water partition coefficient (Wildman–Crippen LogP) is 1.27. The quantitative estimate of drug-likeness (QED) is 0.410. The first-order chi connectivity index (χ1) is 10.1. The van der Waals surface area contributed by atoms with E-state index in [-0.39, 0.29) is 18.7 Å². The molecule has 0 spiro atoms. The summed E-state index contributed by atoms with van der Waals surface area (Å²) in [4.78, 5) is 23.1. The van der Waals surface area contributed by atoms with Gasteiger partial charge in [-0.15, -0.1) is 0 Å². The highest BCUT2D eigenvalue weighted by Gasteiger charge is 2.40. The number of nitrogens with zero attached hydrogens (tertiary/aromatic N) is 1. The van der Waals surface area contributed by atoms with E-state index in [1.165, 1.54) is 25.7 Å². The van der Waals surface area contributed by atoms with Crippen LogP contribution in [0.3, 0.4) is 0 Å². The molecule has 130 valence electrons. The highest BCUT2D eigenvalue weighted by atomic mass is 16.4. The zero-order valence-electron chi connectivity index (χ0n) is 14.7. The molecular weight excluding hydrogens is 282 g/mol. The maximum Gasteiger partial charge on any atom is 0.177 e. The molecule has 0 aromatic carbocycles. The SMILES string of the molecule is CCCCCCCCCC(=O)[C@](O)(CC(=O)[O-])C[N+](C)(C)C. The van der Waals surface area contributed by atoms with Crippen LogP contribution in [0, 0.1) is 0 Å². The van der Waals surface area contributed by atoms with Gasteiger partial charge in [0.2, 0.25) is 0 Å². The molecule has 22 heavy (non-hydrogen) atoms. The molecule has 0 aliphatic heterocycles. The largest absolute Gasteiger partial charge is 0.550 e. The topological polar surface area (TPSA) is 77.4 Å². The van der Waals surface area contributed by atoms with Gasteiger partial charge in [-0.3, -0.25) is 4.79 Å². The number of carbonyl (C=O) groups excluding carboxylic acids is 2. The van der Waals surface area contributed by atoms with Gasteiger partial charge >= 0.3 is 0 Å². The summed E-state index contributed by atoms with van der Waals surface area (Å²) >= 11 is 0. The molecule has 0 aliphatic rings. The van der Waals surface area contributed by atoms with Crippen molar-refractivity contribution < 1.29 is 24.3 Å². The van der Waals surface area contributed by atoms with Crippen LogP contribution in [0.15, 0.2) is 0 Å². The standard InChI is InChI=1S/C17H33NO4/c1-5-6-7-8-9-10-11-12-15(19)17(22,13-16(20)21)14-18(2,3)4/h22H,5-14H2,1-4H3/t17-/m0/s1. The molecule has 0 fully saturated rings. The molecule has 0 bridgehead atoms. The minimum atomic E-state index is -1.82. The van der Waals surface area contributed by atoms with E-state index < -0.39 is 18.0 Å². The van der Waals surface area contributed by atoms with Gasteiger partial charge in [-0.1, -0.05) is 45.4 Å². The molecule has 0 aliphatic carbocycles. The molecule has 0 saturated heterocycles. The zero-order valence-corrected chi connectivity index (χ0v) is 14.7. The van der Waals surface area contributed by atoms with Crippen molar-refractivity contribution in [3.8, 4) is 0 Å². The van der Waals surface area contributed by atoms with Crippen LogP contribution >= 0.6 is 0 Å². The Morgan fingerprint density at radius 3 is 1.95 bits per heavy atom. The minimum Gasteiger partial charge on any atom is -0.550 e. The minimum absolute atomic E-state index is 0.0797. The van der Waals surface area contributed by atoms with Crippen LogP contribution in [0.25, 0.3) is 0 Å². The number of likely N-dealkylation sites (N-methyl/N-ethyl adjacent to an activating group) is 1. The second-order valence-electron chi connectivity index (χ2n) is 7.32. The van der Waals surface area contributed by atoms with E-state index in [1.54, 1.807) is 0 Å². The summed E-state index contributed by atoms with van der Waals surface area (Å²) in [6, 6.07) is 0. The molecular formula is C17H33NO4. The van der Waals surface area contributed by atoms with E-state index in [4.69, 9.17) is 0 Å². The third-order valence-electron chi connectivity index (χ3n) is 3.70. The summed E-state index contributed by atoms with van der Waals surface area (Å²) < 4.78 is 0.326. The van der Waals surface area contributed by atoms with Crippen molar-refractivity contribution in [1.29, 1.82) is 0 Å². The number of quaternary nitrogens is 1. The number of carboxylic acids is 1. The Kier molecular flexibility index (Phi) is 9.53. The lowest BCUT2D eigenvalue weighted by atomic mass is 9.89. The molecule has 5 heteroatoms. The van der Waals surface area contributed by atoms with Crippen LogP contribution in [-0.4, -0.2) is 54.6 Å². The number of ketones is 1. The maximum atomic E-state index is 12.3. The Hall–Kier alpha value is -0.940. The lowest BCUT2D eigenvalue weighted by Crippen LogP contribution is -2.56. The van der Waals surface area contributed by atoms with Crippen LogP contribution in [0.5, 0.6) is 0 Å². The number of carboxylic acid groups (broad SMARTS) is 1. The van der Waals surface area contributed by atoms with Crippen molar-refractivity contribution in [2.45, 2.75) is 70.3 Å². The van der Waals surface area contributed by atoms with Gasteiger partial charge in [0.1, 0.15) is 6.54 Å². The fourth-order valence-corrected chi connectivity index (χ4v) is 2.74. The highest BCUT2D eigenvalue weighted by molar-refractivity contribution is 5.90. The van der Waals surface area contributed by atoms with Crippen LogP contribution in [0.1, 0.15) is 64.7 Å². The average Bonchev–Trinajstić information content (AvgIpc) is 2.34. The Morgan fingerprint density at radius 2 is 1.50 bits per heavy atom. The predicted molar refractivity (Wildman–Crippen MR) is 85.1 cm³/mol. The molecule has 0 heterocycles. The smallest absolute Gasteiger partial charge is 0.177 e. The molecule has 1 N–H and O–H groups in total. The molecule has 0 radical (unpaired) electrons. The summed E-state index contributed by atoms with van der Waals surface area (Å²) in [7, 11) is 5.46. The summed E-state index contributed by atoms with van der Waals surface area (Å²) in [5.74, 6) is -1.76. The summed E-state index contributed by atoms with van der Waals surface area (Å²) in [6.45, 7) is 2.25. The first kappa shape index (κ1) is 21.1. The van der Waals surface area contributed by atoms with Crippen molar-refractivity contribution in [2.24, 2.45) is 0 Å². The van der Waals surface area contributed by atoms with Gasteiger partial charge in [0, 0.05) is 18.8 Å². The van der Waals surface area contributed by atoms with Crippen LogP contribution in [0.2, 0.25) is 0 Å². The lowest BCUT2D eigenvalue weighted by molar-refractivity contribution is -0.875. The van der Waals surface area contributed by atoms with E-state index >= 15 is 0 Å². The third kappa shape index (κ3) is 9.90. The van der Waals surface area contributed by atoms with E-state index in [2.05, 4.69) is 6.92 Å². The Morgan fingerprint density at radius 1 is 1.00 bits per heavy atom. The molecule has 0 amide bonds. The summed E-state index contributed by atoms with van der Waals surface area (Å²) in [5, 5.41) is 21.3. The zero-order chi connectivity index (χ0) is 17.2. The van der Waals surface area contributed by atoms with Gasteiger partial charge in [0.25, 0.3) is 0 Å². The van der Waals surface area contributed by atoms with Crippen LogP contribution in [-0.2, 0) is 9.59 Å². The number of Topliss-reactive ketones (excluding diaryl/α,β-unsaturated/α-hetero) is 1. The van der Waals surface area contributed by atoms with Crippen LogP contribution < -0.4 is 5.11 Å². The normalized spacial score (nSPS) is 14.6. The second-order valence-corrected chi connectivity index (χ2v) is 7.32. The molecule has 0 aromatic rings. The molecule has 0 saturated carbocycles. The summed E-state index contributed by atoms with van der Waals surface area (Å²) in [5.41, 5.74) is -1.82. The fraction of sp³-hybridized carbons (Fsp3) is 0.882. The van der Waals surface area contributed by atoms with Gasteiger partial charge in [0.15, 0.2) is 11.4 Å². The van der Waals surface area contributed by atoms with Crippen molar-refractivity contribution in [3.05, 3.63) is 0 Å². The number of aliphatic carboxylic acids is 1. The number of hydrogen-bond acceptors (Lipinski definition) is 4. The first-order valence-corrected chi connectivity index (χ1v) is 8.37. The highest BCUT2D eigenvalue weighted by Crippen LogP contribution is 2.19. The van der Waals surface area contributed by atoms with Crippen molar-refractivity contribution in [3.63, 3.8) is 0 Å². The van der Waals surface area contributed by atoms with Crippen molar-refractivity contribution in [1.82, 2.24) is 0 Å². The second kappa shape index (κ2) is 9.95. The average molecular weight is 315 g/mol. The number of aliphatic hydroxyl groups is 1. The Balaban J connectivity index is 4.31. The number of rotatable bonds is 13. The number of unbranched alkanes of at least 4 members (excludes halogenated alkanes) is 6. The molecule has 0 unspecified atom stereocenters. The molecule has 1 atom stereocenters. The fourth-order valence-electron chi connectivity index (χ4n) is 2.74. The third-order valence-corrected chi connectivity index (χ3v) is 3.70. The van der Waals surface area contributed by atoms with Gasteiger partial charge in [0.05, 0.1) is 21.1 Å². The lowest BCUT2D eigenvalue weighted by Gasteiger charge is -2.34. The maximum absolute atomic E-state index is 12.3. The van der Waals surface area contributed by atoms with Crippen LogP contribution in [0.4, 0.5) is 0 Å². The van der Waals surface area contributed by atoms with Gasteiger partial charge in [-0.05, 0) is 6.42 Å². The molecule has 0 rings (SSSR count). The summed E-state index contributed by atoms with van der Waals surface area (Å²) in [6.07, 6.45) is 7.19. The van der Waals surface area contributed by atoms with E-state index in [0.29, 0.717) is 10.9 Å². The number of carbonyl (C=O) groups is 2. The van der Waals surface area contributed by atoms with Gasteiger partial charge in [-0.25, -0.2) is 0 Å². The van der Waals surface area contributed by atoms with E-state index in [1.807, 2.05) is 21.1 Å². The van der Waals surface area contributed by atoms with Crippen molar-refractivity contribution >= 4 is 11.8 Å². The Labute approximate surface area is 134 Å². The van der Waals surface area contributed by atoms with E-state index in [0.717, 1.165) is 12.8 Å². The monoisotopic (exact) mass is 315 g/mol. The van der Waals surface area contributed by atoms with Gasteiger partial charge in [-0.2, -0.15) is 0 Å². The molecule has 5 nitrogen and oxygen atoms in total. The van der Waals surface area contributed by atoms with Crippen molar-refractivity contribution in [2.75, 3.05) is 27.7 Å². The number of hydrogen-bond donors (Lipinski definition) is 1.